The third-order valence-electron chi connectivity index (χ3n) is 3.59. The second-order valence-electron chi connectivity index (χ2n) is 5.27. The predicted molar refractivity (Wildman–Crippen MR) is 96.6 cm³/mol. The van der Waals surface area contributed by atoms with Crippen LogP contribution in [0.25, 0.3) is 20.8 Å². The number of aryl methyl sites for hydroxylation is 2. The highest BCUT2D eigenvalue weighted by molar-refractivity contribution is 7.21. The van der Waals surface area contributed by atoms with Gasteiger partial charge in [-0.3, -0.25) is 14.8 Å². The number of hydrogen-bond donors (Lipinski definition) is 1. The maximum atomic E-state index is 12.5. The van der Waals surface area contributed by atoms with E-state index in [1.807, 2.05) is 50.4 Å². The van der Waals surface area contributed by atoms with Gasteiger partial charge in [-0.15, -0.1) is 21.5 Å². The number of fused-ring (bicyclic) bond motifs is 1. The molecular weight excluding hydrogens is 342 g/mol. The fourth-order valence-corrected chi connectivity index (χ4v) is 4.21. The summed E-state index contributed by atoms with van der Waals surface area (Å²) in [5, 5.41) is 17.6. The van der Waals surface area contributed by atoms with Crippen molar-refractivity contribution in [1.82, 2.24) is 20.0 Å². The van der Waals surface area contributed by atoms with Crippen molar-refractivity contribution in [3.05, 3.63) is 47.0 Å². The van der Waals surface area contributed by atoms with Gasteiger partial charge in [0, 0.05) is 18.0 Å². The third-order valence-corrected chi connectivity index (χ3v) is 5.67. The summed E-state index contributed by atoms with van der Waals surface area (Å²) in [5.74, 6) is -0.175. The molecule has 1 N–H and O–H groups in total. The van der Waals surface area contributed by atoms with Gasteiger partial charge in [0.05, 0.1) is 10.6 Å². The minimum atomic E-state index is -0.175. The molecule has 3 heterocycles. The van der Waals surface area contributed by atoms with Crippen LogP contribution in [0.5, 0.6) is 0 Å². The molecule has 3 aromatic heterocycles. The van der Waals surface area contributed by atoms with Crippen LogP contribution in [0.1, 0.15) is 15.4 Å². The van der Waals surface area contributed by atoms with E-state index in [2.05, 4.69) is 20.6 Å². The lowest BCUT2D eigenvalue weighted by Gasteiger charge is -1.97. The Labute approximate surface area is 145 Å². The average Bonchev–Trinajstić information content (AvgIpc) is 3.27. The molecule has 24 heavy (non-hydrogen) atoms. The largest absolute Gasteiger partial charge is 0.296 e. The van der Waals surface area contributed by atoms with Crippen LogP contribution in [0, 0.1) is 6.92 Å². The molecular formula is C16H13N5OS2. The van der Waals surface area contributed by atoms with Gasteiger partial charge in [0.2, 0.25) is 5.13 Å². The molecule has 0 aliphatic heterocycles. The molecule has 1 amide bonds. The molecule has 0 aliphatic rings. The Morgan fingerprint density at radius 2 is 1.96 bits per heavy atom. The smallest absolute Gasteiger partial charge is 0.267 e. The lowest BCUT2D eigenvalue weighted by atomic mass is 10.2. The van der Waals surface area contributed by atoms with Crippen molar-refractivity contribution in [2.45, 2.75) is 6.92 Å². The monoisotopic (exact) mass is 355 g/mol. The fourth-order valence-electron chi connectivity index (χ4n) is 2.45. The van der Waals surface area contributed by atoms with E-state index >= 15 is 0 Å². The van der Waals surface area contributed by atoms with Crippen molar-refractivity contribution in [2.24, 2.45) is 7.05 Å². The summed E-state index contributed by atoms with van der Waals surface area (Å²) in [4.78, 5) is 14.1. The molecule has 8 heteroatoms. The Balaban J connectivity index is 1.57. The van der Waals surface area contributed by atoms with Gasteiger partial charge in [-0.1, -0.05) is 41.7 Å². The number of carbonyl (C=O) groups excluding carboxylic acids is 1. The Hall–Kier alpha value is -2.58. The van der Waals surface area contributed by atoms with Crippen LogP contribution in [0.3, 0.4) is 0 Å². The van der Waals surface area contributed by atoms with Crippen molar-refractivity contribution in [1.29, 1.82) is 0 Å². The van der Waals surface area contributed by atoms with E-state index in [0.717, 1.165) is 26.5 Å². The number of hydrogen-bond acceptors (Lipinski definition) is 6. The number of benzene rings is 1. The molecule has 0 saturated carbocycles. The summed E-state index contributed by atoms with van der Waals surface area (Å²) in [5.41, 5.74) is 1.91. The van der Waals surface area contributed by atoms with Gasteiger partial charge in [-0.05, 0) is 13.0 Å². The number of anilines is 1. The molecule has 4 rings (SSSR count). The van der Waals surface area contributed by atoms with Gasteiger partial charge < -0.3 is 0 Å². The van der Waals surface area contributed by atoms with E-state index < -0.39 is 0 Å². The Morgan fingerprint density at radius 1 is 1.17 bits per heavy atom. The molecule has 0 unspecified atom stereocenters. The van der Waals surface area contributed by atoms with Gasteiger partial charge in [0.15, 0.2) is 0 Å². The van der Waals surface area contributed by atoms with Crippen molar-refractivity contribution >= 4 is 43.9 Å². The molecule has 0 atom stereocenters. The first-order valence-electron chi connectivity index (χ1n) is 7.25. The molecule has 0 aliphatic carbocycles. The number of thiophene rings is 1. The van der Waals surface area contributed by atoms with Crippen LogP contribution in [0.2, 0.25) is 0 Å². The van der Waals surface area contributed by atoms with Crippen molar-refractivity contribution in [3.63, 3.8) is 0 Å². The maximum absolute atomic E-state index is 12.5. The first-order chi connectivity index (χ1) is 11.6. The zero-order valence-electron chi connectivity index (χ0n) is 13.0. The number of rotatable bonds is 3. The second-order valence-corrected chi connectivity index (χ2v) is 7.28. The minimum absolute atomic E-state index is 0.175. The van der Waals surface area contributed by atoms with Gasteiger partial charge >= 0.3 is 0 Å². The zero-order chi connectivity index (χ0) is 16.7. The number of carbonyl (C=O) groups is 1. The van der Waals surface area contributed by atoms with Gasteiger partial charge in [-0.25, -0.2) is 0 Å². The van der Waals surface area contributed by atoms with Crippen LogP contribution < -0.4 is 5.32 Å². The summed E-state index contributed by atoms with van der Waals surface area (Å²) in [6, 6.07) is 11.6. The number of nitrogens with one attached hydrogen (secondary N) is 1. The molecule has 0 saturated heterocycles. The Bertz CT molecular complexity index is 997. The summed E-state index contributed by atoms with van der Waals surface area (Å²) < 4.78 is 1.80. The fraction of sp³-hybridized carbons (Fsp3) is 0.125. The first-order valence-corrected chi connectivity index (χ1v) is 8.88. The van der Waals surface area contributed by atoms with Crippen molar-refractivity contribution in [2.75, 3.05) is 5.32 Å². The van der Waals surface area contributed by atoms with E-state index in [0.29, 0.717) is 10.0 Å². The number of amides is 1. The SMILES string of the molecule is Cc1nn(C)c2sc(C(=O)Nc3nnc(-c4ccccc4)s3)cc12. The van der Waals surface area contributed by atoms with Gasteiger partial charge in [0.25, 0.3) is 5.91 Å². The van der Waals surface area contributed by atoms with Crippen LogP contribution >= 0.6 is 22.7 Å². The molecule has 0 spiro atoms. The van der Waals surface area contributed by atoms with Crippen molar-refractivity contribution < 1.29 is 4.79 Å². The molecule has 120 valence electrons. The summed E-state index contributed by atoms with van der Waals surface area (Å²) in [6.45, 7) is 1.94. The highest BCUT2D eigenvalue weighted by Crippen LogP contribution is 2.30. The highest BCUT2D eigenvalue weighted by Gasteiger charge is 2.17. The standard InChI is InChI=1S/C16H13N5OS2/c1-9-11-8-12(23-15(11)21(2)20-9)13(22)17-16-19-18-14(24-16)10-6-4-3-5-7-10/h3-8H,1-2H3,(H,17,19,22). The summed E-state index contributed by atoms with van der Waals surface area (Å²) in [6.07, 6.45) is 0. The van der Waals surface area contributed by atoms with E-state index in [4.69, 9.17) is 0 Å². The molecule has 0 radical (unpaired) electrons. The van der Waals surface area contributed by atoms with E-state index in [9.17, 15) is 4.79 Å². The van der Waals surface area contributed by atoms with Crippen LogP contribution in [-0.4, -0.2) is 25.9 Å². The quantitative estimate of drug-likeness (QED) is 0.608. The van der Waals surface area contributed by atoms with Gasteiger partial charge in [-0.2, -0.15) is 5.10 Å². The minimum Gasteiger partial charge on any atom is -0.296 e. The summed E-state index contributed by atoms with van der Waals surface area (Å²) in [7, 11) is 1.88. The third kappa shape index (κ3) is 2.59. The van der Waals surface area contributed by atoms with Crippen LogP contribution in [0.15, 0.2) is 36.4 Å². The predicted octanol–water partition coefficient (Wildman–Crippen LogP) is 3.71. The lowest BCUT2D eigenvalue weighted by Crippen LogP contribution is -2.09. The normalized spacial score (nSPS) is 11.1. The van der Waals surface area contributed by atoms with E-state index in [1.165, 1.54) is 22.7 Å². The molecule has 1 aromatic carbocycles. The number of aromatic nitrogens is 4. The average molecular weight is 355 g/mol. The Kier molecular flexibility index (Phi) is 3.62. The number of nitrogens with zero attached hydrogens (tertiary/aromatic N) is 4. The molecule has 4 aromatic rings. The van der Waals surface area contributed by atoms with Crippen molar-refractivity contribution in [3.8, 4) is 10.6 Å². The lowest BCUT2D eigenvalue weighted by molar-refractivity contribution is 0.103. The van der Waals surface area contributed by atoms with E-state index in [1.54, 1.807) is 4.68 Å². The molecule has 0 bridgehead atoms. The second kappa shape index (κ2) is 5.81. The summed E-state index contributed by atoms with van der Waals surface area (Å²) >= 11 is 2.78. The maximum Gasteiger partial charge on any atom is 0.267 e. The Morgan fingerprint density at radius 3 is 2.71 bits per heavy atom. The topological polar surface area (TPSA) is 72.7 Å². The van der Waals surface area contributed by atoms with Crippen LogP contribution in [0.4, 0.5) is 5.13 Å². The zero-order valence-corrected chi connectivity index (χ0v) is 14.6. The van der Waals surface area contributed by atoms with Gasteiger partial charge in [0.1, 0.15) is 9.84 Å². The highest BCUT2D eigenvalue weighted by atomic mass is 32.1. The van der Waals surface area contributed by atoms with E-state index in [-0.39, 0.29) is 5.91 Å². The van der Waals surface area contributed by atoms with Crippen LogP contribution in [-0.2, 0) is 7.05 Å². The molecule has 0 fully saturated rings. The first kappa shape index (κ1) is 15.0. The molecule has 6 nitrogen and oxygen atoms in total.